The number of rotatable bonds is 4. The molecule has 2 aromatic rings. The van der Waals surface area contributed by atoms with E-state index >= 15 is 0 Å². The van der Waals surface area contributed by atoms with Crippen LogP contribution in [-0.4, -0.2) is 0 Å². The molecule has 0 amide bonds. The molecule has 2 rings (SSSR count). The van der Waals surface area contributed by atoms with E-state index in [9.17, 15) is 4.39 Å². The van der Waals surface area contributed by atoms with Gasteiger partial charge < -0.3 is 4.74 Å². The first kappa shape index (κ1) is 13.7. The lowest BCUT2D eigenvalue weighted by Gasteiger charge is -2.07. The van der Waals surface area contributed by atoms with Crippen molar-refractivity contribution in [1.82, 2.24) is 0 Å². The first-order valence-corrected chi connectivity index (χ1v) is 7.00. The van der Waals surface area contributed by atoms with Crippen LogP contribution in [0.3, 0.4) is 0 Å². The Kier molecular flexibility index (Phi) is 4.92. The van der Waals surface area contributed by atoms with Crippen LogP contribution in [0.1, 0.15) is 11.1 Å². The van der Waals surface area contributed by atoms with Crippen LogP contribution in [0, 0.1) is 5.82 Å². The Labute approximate surface area is 122 Å². The van der Waals surface area contributed by atoms with Crippen molar-refractivity contribution in [3.63, 3.8) is 0 Å². The Hall–Kier alpha value is -0.710. The smallest absolute Gasteiger partial charge is 0.124 e. The van der Waals surface area contributed by atoms with Gasteiger partial charge in [0.15, 0.2) is 0 Å². The van der Waals surface area contributed by atoms with Crippen molar-refractivity contribution in [3.8, 4) is 0 Å². The Bertz CT molecular complexity index is 526. The van der Waals surface area contributed by atoms with E-state index in [0.29, 0.717) is 13.2 Å². The largest absolute Gasteiger partial charge is 0.372 e. The van der Waals surface area contributed by atoms with Crippen LogP contribution in [0.5, 0.6) is 0 Å². The fraction of sp³-hybridized carbons (Fsp3) is 0.143. The molecule has 0 saturated carbocycles. The van der Waals surface area contributed by atoms with Crippen molar-refractivity contribution in [2.45, 2.75) is 13.2 Å². The first-order valence-electron chi connectivity index (χ1n) is 5.41. The van der Waals surface area contributed by atoms with E-state index in [4.69, 9.17) is 4.74 Å². The summed E-state index contributed by atoms with van der Waals surface area (Å²) < 4.78 is 20.3. The van der Waals surface area contributed by atoms with Crippen molar-refractivity contribution in [2.24, 2.45) is 0 Å². The molecule has 0 bridgehead atoms. The van der Waals surface area contributed by atoms with Crippen LogP contribution >= 0.6 is 31.9 Å². The van der Waals surface area contributed by atoms with Gasteiger partial charge in [-0.1, -0.05) is 50.1 Å². The molecule has 0 heterocycles. The summed E-state index contributed by atoms with van der Waals surface area (Å²) in [5.41, 5.74) is 2.05. The highest BCUT2D eigenvalue weighted by Crippen LogP contribution is 2.19. The molecule has 0 aliphatic heterocycles. The number of benzene rings is 2. The third-order valence-corrected chi connectivity index (χ3v) is 3.72. The van der Waals surface area contributed by atoms with Gasteiger partial charge in [0.05, 0.1) is 13.2 Å². The molecule has 18 heavy (non-hydrogen) atoms. The molecular weight excluding hydrogens is 363 g/mol. The van der Waals surface area contributed by atoms with E-state index in [-0.39, 0.29) is 5.82 Å². The predicted molar refractivity (Wildman–Crippen MR) is 76.7 cm³/mol. The highest BCUT2D eigenvalue weighted by Gasteiger charge is 2.02. The van der Waals surface area contributed by atoms with Gasteiger partial charge in [-0.3, -0.25) is 0 Å². The molecule has 0 aliphatic carbocycles. The molecule has 0 radical (unpaired) electrons. The zero-order valence-corrected chi connectivity index (χ0v) is 12.7. The molecule has 0 N–H and O–H groups in total. The van der Waals surface area contributed by atoms with E-state index in [1.165, 1.54) is 12.1 Å². The Morgan fingerprint density at radius 1 is 0.944 bits per heavy atom. The zero-order valence-electron chi connectivity index (χ0n) is 9.50. The minimum Gasteiger partial charge on any atom is -0.372 e. The predicted octanol–water partition coefficient (Wildman–Crippen LogP) is 5.07. The summed E-state index contributed by atoms with van der Waals surface area (Å²) in [5.74, 6) is -0.251. The Morgan fingerprint density at radius 3 is 2.33 bits per heavy atom. The molecule has 2 aromatic carbocycles. The SMILES string of the molecule is Fc1ccc(COCc2ccc(Br)cc2)c(Br)c1. The molecular formula is C14H11Br2FO. The van der Waals surface area contributed by atoms with E-state index in [0.717, 1.165) is 20.1 Å². The average Bonchev–Trinajstić information content (AvgIpc) is 2.34. The number of ether oxygens (including phenoxy) is 1. The summed E-state index contributed by atoms with van der Waals surface area (Å²) in [6.45, 7) is 0.994. The van der Waals surface area contributed by atoms with E-state index in [1.807, 2.05) is 24.3 Å². The molecule has 0 spiro atoms. The van der Waals surface area contributed by atoms with Crippen LogP contribution in [0.15, 0.2) is 51.4 Å². The van der Waals surface area contributed by atoms with E-state index in [1.54, 1.807) is 6.07 Å². The highest BCUT2D eigenvalue weighted by molar-refractivity contribution is 9.10. The van der Waals surface area contributed by atoms with Gasteiger partial charge >= 0.3 is 0 Å². The number of halogens is 3. The van der Waals surface area contributed by atoms with Gasteiger partial charge in [-0.05, 0) is 35.4 Å². The molecule has 0 atom stereocenters. The molecule has 0 saturated heterocycles. The number of hydrogen-bond donors (Lipinski definition) is 0. The topological polar surface area (TPSA) is 9.23 Å². The monoisotopic (exact) mass is 372 g/mol. The Morgan fingerprint density at radius 2 is 1.67 bits per heavy atom. The minimum absolute atomic E-state index is 0.251. The van der Waals surface area contributed by atoms with Gasteiger partial charge in [0.1, 0.15) is 5.82 Å². The second kappa shape index (κ2) is 6.45. The molecule has 0 aromatic heterocycles. The lowest BCUT2D eigenvalue weighted by atomic mass is 10.2. The maximum Gasteiger partial charge on any atom is 0.124 e. The Balaban J connectivity index is 1.90. The lowest BCUT2D eigenvalue weighted by molar-refractivity contribution is 0.106. The lowest BCUT2D eigenvalue weighted by Crippen LogP contribution is -1.95. The van der Waals surface area contributed by atoms with Gasteiger partial charge in [0.2, 0.25) is 0 Å². The molecule has 0 aliphatic rings. The molecule has 1 nitrogen and oxygen atoms in total. The van der Waals surface area contributed by atoms with Crippen LogP contribution in [0.2, 0.25) is 0 Å². The van der Waals surface area contributed by atoms with Crippen molar-refractivity contribution in [1.29, 1.82) is 0 Å². The summed E-state index contributed by atoms with van der Waals surface area (Å²) in [5, 5.41) is 0. The van der Waals surface area contributed by atoms with Crippen molar-refractivity contribution < 1.29 is 9.13 Å². The fourth-order valence-corrected chi connectivity index (χ4v) is 2.23. The summed E-state index contributed by atoms with van der Waals surface area (Å²) in [6, 6.07) is 12.6. The van der Waals surface area contributed by atoms with Crippen LogP contribution in [-0.2, 0) is 18.0 Å². The molecule has 4 heteroatoms. The number of hydrogen-bond acceptors (Lipinski definition) is 1. The fourth-order valence-electron chi connectivity index (χ4n) is 1.50. The second-order valence-electron chi connectivity index (χ2n) is 3.85. The van der Waals surface area contributed by atoms with E-state index in [2.05, 4.69) is 31.9 Å². The maximum atomic E-state index is 12.9. The van der Waals surface area contributed by atoms with E-state index < -0.39 is 0 Å². The third kappa shape index (κ3) is 3.90. The molecule has 0 unspecified atom stereocenters. The van der Waals surface area contributed by atoms with Crippen molar-refractivity contribution >= 4 is 31.9 Å². The van der Waals surface area contributed by atoms with Crippen molar-refractivity contribution in [2.75, 3.05) is 0 Å². The van der Waals surface area contributed by atoms with Gasteiger partial charge in [0.25, 0.3) is 0 Å². The quantitative estimate of drug-likeness (QED) is 0.727. The van der Waals surface area contributed by atoms with Crippen LogP contribution in [0.25, 0.3) is 0 Å². The standard InChI is InChI=1S/C14H11Br2FO/c15-12-4-1-10(2-5-12)8-18-9-11-3-6-13(17)7-14(11)16/h1-7H,8-9H2. The van der Waals surface area contributed by atoms with Crippen LogP contribution in [0.4, 0.5) is 4.39 Å². The summed E-state index contributed by atoms with van der Waals surface area (Å²) in [4.78, 5) is 0. The summed E-state index contributed by atoms with van der Waals surface area (Å²) >= 11 is 6.70. The average molecular weight is 374 g/mol. The highest BCUT2D eigenvalue weighted by atomic mass is 79.9. The zero-order chi connectivity index (χ0) is 13.0. The van der Waals surface area contributed by atoms with Gasteiger partial charge in [-0.25, -0.2) is 4.39 Å². The minimum atomic E-state index is -0.251. The van der Waals surface area contributed by atoms with Crippen molar-refractivity contribution in [3.05, 3.63) is 68.4 Å². The first-order chi connectivity index (χ1) is 8.65. The second-order valence-corrected chi connectivity index (χ2v) is 5.63. The summed E-state index contributed by atoms with van der Waals surface area (Å²) in [6.07, 6.45) is 0. The van der Waals surface area contributed by atoms with Crippen LogP contribution < -0.4 is 0 Å². The summed E-state index contributed by atoms with van der Waals surface area (Å²) in [7, 11) is 0. The normalized spacial score (nSPS) is 10.6. The van der Waals surface area contributed by atoms with Gasteiger partial charge in [-0.2, -0.15) is 0 Å². The molecule has 94 valence electrons. The third-order valence-electron chi connectivity index (χ3n) is 2.45. The maximum absolute atomic E-state index is 12.9. The molecule has 0 fully saturated rings. The van der Waals surface area contributed by atoms with Gasteiger partial charge in [-0.15, -0.1) is 0 Å². The van der Waals surface area contributed by atoms with Gasteiger partial charge in [0, 0.05) is 8.95 Å².